The zero-order valence-corrected chi connectivity index (χ0v) is 10.1. The molecule has 2 rings (SSSR count). The molecule has 0 radical (unpaired) electrons. The van der Waals surface area contributed by atoms with Gasteiger partial charge in [0.25, 0.3) is 0 Å². The predicted molar refractivity (Wildman–Crippen MR) is 66.9 cm³/mol. The molecule has 0 N–H and O–H groups in total. The molecule has 1 atom stereocenters. The van der Waals surface area contributed by atoms with Gasteiger partial charge in [-0.1, -0.05) is 25.1 Å². The quantitative estimate of drug-likeness (QED) is 0.776. The first kappa shape index (κ1) is 11.2. The molecule has 1 aliphatic rings. The molecule has 2 nitrogen and oxygen atoms in total. The highest BCUT2D eigenvalue weighted by molar-refractivity contribution is 5.87. The summed E-state index contributed by atoms with van der Waals surface area (Å²) in [5, 5.41) is 0. The maximum Gasteiger partial charge on any atom is 0.154 e. The van der Waals surface area contributed by atoms with Crippen LogP contribution in [0.25, 0.3) is 0 Å². The molecule has 0 amide bonds. The molecule has 86 valence electrons. The number of anilines is 1. The number of rotatable bonds is 3. The fraction of sp³-hybridized carbons (Fsp3) is 0.500. The number of nitrogens with zero attached hydrogens (tertiary/aromatic N) is 1. The van der Waals surface area contributed by atoms with Crippen LogP contribution < -0.4 is 4.90 Å². The molecule has 1 aromatic carbocycles. The molecule has 0 saturated heterocycles. The third-order valence-electron chi connectivity index (χ3n) is 3.43. The van der Waals surface area contributed by atoms with Gasteiger partial charge in [0.1, 0.15) is 0 Å². The van der Waals surface area contributed by atoms with Crippen LogP contribution >= 0.6 is 0 Å². The Balaban J connectivity index is 2.28. The fourth-order valence-corrected chi connectivity index (χ4v) is 2.43. The minimum absolute atomic E-state index is 0.0199. The Hall–Kier alpha value is -1.31. The summed E-state index contributed by atoms with van der Waals surface area (Å²) in [4.78, 5) is 14.0. The largest absolute Gasteiger partial charge is 0.362 e. The Labute approximate surface area is 97.3 Å². The molecule has 1 heterocycles. The number of benzene rings is 1. The highest BCUT2D eigenvalue weighted by atomic mass is 16.1. The van der Waals surface area contributed by atoms with E-state index in [2.05, 4.69) is 29.2 Å². The molecule has 16 heavy (non-hydrogen) atoms. The molecule has 0 fully saturated rings. The van der Waals surface area contributed by atoms with Gasteiger partial charge in [-0.05, 0) is 31.4 Å². The van der Waals surface area contributed by atoms with E-state index in [9.17, 15) is 4.79 Å². The zero-order chi connectivity index (χ0) is 11.5. The molecule has 1 unspecified atom stereocenters. The first-order chi connectivity index (χ1) is 7.74. The zero-order valence-electron chi connectivity index (χ0n) is 10.1. The van der Waals surface area contributed by atoms with E-state index in [0.29, 0.717) is 12.2 Å². The number of Topliss-reactive ketones (excluding diaryl/α,β-unsaturated/α-hetero) is 1. The van der Waals surface area contributed by atoms with Gasteiger partial charge in [0.2, 0.25) is 0 Å². The van der Waals surface area contributed by atoms with Crippen molar-refractivity contribution in [2.75, 3.05) is 11.4 Å². The van der Waals surface area contributed by atoms with Gasteiger partial charge in [0.15, 0.2) is 5.78 Å². The summed E-state index contributed by atoms with van der Waals surface area (Å²) in [6.45, 7) is 4.96. The summed E-state index contributed by atoms with van der Waals surface area (Å²) in [7, 11) is 0. The van der Waals surface area contributed by atoms with E-state index in [-0.39, 0.29) is 6.04 Å². The normalized spacial score (nSPS) is 16.8. The number of hydrogen-bond acceptors (Lipinski definition) is 2. The molecule has 0 saturated carbocycles. The van der Waals surface area contributed by atoms with Crippen molar-refractivity contribution in [2.24, 2.45) is 0 Å². The van der Waals surface area contributed by atoms with Crippen molar-refractivity contribution in [3.63, 3.8) is 0 Å². The topological polar surface area (TPSA) is 20.3 Å². The maximum atomic E-state index is 11.8. The average molecular weight is 217 g/mol. The summed E-state index contributed by atoms with van der Waals surface area (Å²) in [5.74, 6) is 0.330. The van der Waals surface area contributed by atoms with E-state index in [4.69, 9.17) is 0 Å². The van der Waals surface area contributed by atoms with Crippen molar-refractivity contribution in [1.29, 1.82) is 0 Å². The Kier molecular flexibility index (Phi) is 3.28. The van der Waals surface area contributed by atoms with Crippen molar-refractivity contribution in [3.05, 3.63) is 29.8 Å². The molecule has 0 spiro atoms. The van der Waals surface area contributed by atoms with Gasteiger partial charge in [0, 0.05) is 18.7 Å². The number of para-hydroxylation sites is 1. The van der Waals surface area contributed by atoms with Gasteiger partial charge in [0.05, 0.1) is 6.04 Å². The van der Waals surface area contributed by atoms with Crippen LogP contribution in [0.1, 0.15) is 32.3 Å². The third-order valence-corrected chi connectivity index (χ3v) is 3.43. The van der Waals surface area contributed by atoms with Crippen molar-refractivity contribution in [1.82, 2.24) is 0 Å². The second-order valence-electron chi connectivity index (χ2n) is 4.42. The fourth-order valence-electron chi connectivity index (χ4n) is 2.43. The monoisotopic (exact) mass is 217 g/mol. The second-order valence-corrected chi connectivity index (χ2v) is 4.42. The lowest BCUT2D eigenvalue weighted by Crippen LogP contribution is -2.41. The number of carbonyl (C=O) groups excluding carboxylic acids is 1. The van der Waals surface area contributed by atoms with E-state index >= 15 is 0 Å². The first-order valence-electron chi connectivity index (χ1n) is 6.11. The third kappa shape index (κ3) is 1.97. The van der Waals surface area contributed by atoms with E-state index in [1.807, 2.05) is 13.8 Å². The Bertz CT molecular complexity index is 386. The number of carbonyl (C=O) groups is 1. The minimum atomic E-state index is 0.0199. The Morgan fingerprint density at radius 2 is 2.19 bits per heavy atom. The highest BCUT2D eigenvalue weighted by Crippen LogP contribution is 2.28. The molecular weight excluding hydrogens is 198 g/mol. The summed E-state index contributed by atoms with van der Waals surface area (Å²) >= 11 is 0. The van der Waals surface area contributed by atoms with Gasteiger partial charge < -0.3 is 4.90 Å². The van der Waals surface area contributed by atoms with Gasteiger partial charge >= 0.3 is 0 Å². The first-order valence-corrected chi connectivity index (χ1v) is 6.11. The molecule has 0 aromatic heterocycles. The molecule has 0 aliphatic carbocycles. The number of hydrogen-bond donors (Lipinski definition) is 0. The van der Waals surface area contributed by atoms with Gasteiger partial charge in [-0.25, -0.2) is 0 Å². The lowest BCUT2D eigenvalue weighted by atomic mass is 9.99. The van der Waals surface area contributed by atoms with Crippen molar-refractivity contribution >= 4 is 11.5 Å². The maximum absolute atomic E-state index is 11.8. The van der Waals surface area contributed by atoms with Gasteiger partial charge in [-0.3, -0.25) is 4.79 Å². The molecule has 2 heteroatoms. The minimum Gasteiger partial charge on any atom is -0.362 e. The molecular formula is C14H19NO. The Morgan fingerprint density at radius 1 is 1.44 bits per heavy atom. The summed E-state index contributed by atoms with van der Waals surface area (Å²) in [6.07, 6.45) is 2.91. The van der Waals surface area contributed by atoms with E-state index in [0.717, 1.165) is 19.4 Å². The van der Waals surface area contributed by atoms with E-state index in [1.165, 1.54) is 11.3 Å². The SMILES string of the molecule is CCC(=O)C(C)N1CCCc2ccccc21. The standard InChI is InChI=1S/C14H19NO/c1-3-14(16)11(2)15-10-6-8-12-7-4-5-9-13(12)15/h4-5,7,9,11H,3,6,8,10H2,1-2H3. The van der Waals surface area contributed by atoms with Crippen molar-refractivity contribution < 1.29 is 4.79 Å². The van der Waals surface area contributed by atoms with Crippen LogP contribution in [-0.4, -0.2) is 18.4 Å². The van der Waals surface area contributed by atoms with Gasteiger partial charge in [-0.2, -0.15) is 0 Å². The van der Waals surface area contributed by atoms with Crippen LogP contribution in [0.15, 0.2) is 24.3 Å². The number of fused-ring (bicyclic) bond motifs is 1. The van der Waals surface area contributed by atoms with Crippen LogP contribution in [0.5, 0.6) is 0 Å². The summed E-state index contributed by atoms with van der Waals surface area (Å²) < 4.78 is 0. The van der Waals surface area contributed by atoms with Crippen LogP contribution in [0.3, 0.4) is 0 Å². The van der Waals surface area contributed by atoms with E-state index < -0.39 is 0 Å². The highest BCUT2D eigenvalue weighted by Gasteiger charge is 2.24. The van der Waals surface area contributed by atoms with Crippen LogP contribution in [-0.2, 0) is 11.2 Å². The second kappa shape index (κ2) is 4.69. The molecule has 1 aromatic rings. The molecule has 1 aliphatic heterocycles. The summed E-state index contributed by atoms with van der Waals surface area (Å²) in [5.41, 5.74) is 2.63. The molecule has 0 bridgehead atoms. The Morgan fingerprint density at radius 3 is 2.94 bits per heavy atom. The predicted octanol–water partition coefficient (Wildman–Crippen LogP) is 2.81. The lowest BCUT2D eigenvalue weighted by molar-refractivity contribution is -0.119. The van der Waals surface area contributed by atoms with Crippen molar-refractivity contribution in [2.45, 2.75) is 39.2 Å². The van der Waals surface area contributed by atoms with Crippen LogP contribution in [0.2, 0.25) is 0 Å². The smallest absolute Gasteiger partial charge is 0.154 e. The van der Waals surface area contributed by atoms with E-state index in [1.54, 1.807) is 0 Å². The number of ketones is 1. The van der Waals surface area contributed by atoms with Crippen molar-refractivity contribution in [3.8, 4) is 0 Å². The lowest BCUT2D eigenvalue weighted by Gasteiger charge is -2.35. The van der Waals surface area contributed by atoms with Gasteiger partial charge in [-0.15, -0.1) is 0 Å². The van der Waals surface area contributed by atoms with Crippen LogP contribution in [0, 0.1) is 0 Å². The average Bonchev–Trinajstić information content (AvgIpc) is 2.36. The number of aryl methyl sites for hydroxylation is 1. The summed E-state index contributed by atoms with van der Waals surface area (Å²) in [6, 6.07) is 8.46. The van der Waals surface area contributed by atoms with Crippen LogP contribution in [0.4, 0.5) is 5.69 Å².